The van der Waals surface area contributed by atoms with Gasteiger partial charge < -0.3 is 19.6 Å². The van der Waals surface area contributed by atoms with Crippen molar-refractivity contribution >= 4 is 33.4 Å². The number of aromatic hydroxyl groups is 1. The number of hydrogen-bond acceptors (Lipinski definition) is 8. The highest BCUT2D eigenvalue weighted by Gasteiger charge is 2.49. The van der Waals surface area contributed by atoms with E-state index in [0.717, 1.165) is 19.4 Å². The summed E-state index contributed by atoms with van der Waals surface area (Å²) in [6, 6.07) is 10.1. The Balaban J connectivity index is 1.36. The van der Waals surface area contributed by atoms with E-state index >= 15 is 8.78 Å². The van der Waals surface area contributed by atoms with Gasteiger partial charge in [-0.25, -0.2) is 17.6 Å². The fraction of sp³-hybridized carbons (Fsp3) is 0.405. The minimum absolute atomic E-state index is 0.0486. The number of halogens is 4. The van der Waals surface area contributed by atoms with Crippen LogP contribution in [-0.2, 0) is 11.2 Å². The van der Waals surface area contributed by atoms with Crippen LogP contribution in [-0.4, -0.2) is 87.9 Å². The number of rotatable bonds is 8. The highest BCUT2D eigenvalue weighted by molar-refractivity contribution is 6.03. The van der Waals surface area contributed by atoms with Crippen LogP contribution in [0.4, 0.5) is 23.4 Å². The highest BCUT2D eigenvalue weighted by Crippen LogP contribution is 2.42. The fourth-order valence-electron chi connectivity index (χ4n) is 8.10. The molecule has 3 aromatic carbocycles. The van der Waals surface area contributed by atoms with Crippen molar-refractivity contribution in [2.45, 2.75) is 56.8 Å². The first-order valence-corrected chi connectivity index (χ1v) is 16.8. The minimum atomic E-state index is -1.13. The molecule has 0 unspecified atom stereocenters. The third-order valence-electron chi connectivity index (χ3n) is 10.4. The zero-order valence-electron chi connectivity index (χ0n) is 27.6. The largest absolute Gasteiger partial charge is 0.508 e. The Morgan fingerprint density at radius 1 is 1.14 bits per heavy atom. The molecule has 13 heteroatoms. The van der Waals surface area contributed by atoms with E-state index in [1.54, 1.807) is 17.9 Å². The van der Waals surface area contributed by atoms with Crippen molar-refractivity contribution < 1.29 is 32.2 Å². The molecular weight excluding hydrogens is 652 g/mol. The van der Waals surface area contributed by atoms with Gasteiger partial charge >= 0.3 is 6.01 Å². The number of hydrogen-bond donors (Lipinski definition) is 1. The summed E-state index contributed by atoms with van der Waals surface area (Å²) in [4.78, 5) is 26.9. The van der Waals surface area contributed by atoms with Gasteiger partial charge in [0, 0.05) is 43.5 Å². The summed E-state index contributed by atoms with van der Waals surface area (Å²) in [7, 11) is 0. The first-order chi connectivity index (χ1) is 24.0. The third kappa shape index (κ3) is 5.75. The van der Waals surface area contributed by atoms with Crippen LogP contribution in [0.2, 0.25) is 0 Å². The molecule has 0 spiro atoms. The maximum Gasteiger partial charge on any atom is 0.319 e. The summed E-state index contributed by atoms with van der Waals surface area (Å²) in [5, 5.41) is 21.5. The molecule has 0 saturated carbocycles. The lowest BCUT2D eigenvalue weighted by Crippen LogP contribution is -2.55. The molecule has 9 nitrogen and oxygen atoms in total. The number of phenolic OH excluding ortho intramolecular Hbond substituents is 1. The van der Waals surface area contributed by atoms with E-state index in [4.69, 9.17) is 9.72 Å². The fourth-order valence-corrected chi connectivity index (χ4v) is 8.10. The van der Waals surface area contributed by atoms with Crippen molar-refractivity contribution in [2.75, 3.05) is 44.2 Å². The lowest BCUT2D eigenvalue weighted by molar-refractivity contribution is -0.131. The number of carbonyl (C=O) groups excluding carboxylic acids is 1. The summed E-state index contributed by atoms with van der Waals surface area (Å²) < 4.78 is 66.6. The van der Waals surface area contributed by atoms with Crippen LogP contribution in [0.15, 0.2) is 48.8 Å². The number of fused-ring (bicyclic) bond motifs is 3. The van der Waals surface area contributed by atoms with Gasteiger partial charge in [0.05, 0.1) is 24.1 Å². The van der Waals surface area contributed by atoms with Gasteiger partial charge in [-0.15, -0.1) is 0 Å². The van der Waals surface area contributed by atoms with Crippen LogP contribution in [0.5, 0.6) is 11.8 Å². The Bertz CT molecular complexity index is 2070. The van der Waals surface area contributed by atoms with Gasteiger partial charge in [-0.2, -0.15) is 15.2 Å². The molecule has 3 aliphatic heterocycles. The number of anilines is 1. The molecule has 0 aliphatic carbocycles. The number of nitrogens with zero attached hydrogens (tertiary/aromatic N) is 6. The Labute approximate surface area is 286 Å². The van der Waals surface area contributed by atoms with Gasteiger partial charge in [-0.05, 0) is 72.0 Å². The first kappa shape index (κ1) is 33.5. The zero-order valence-corrected chi connectivity index (χ0v) is 27.6. The van der Waals surface area contributed by atoms with Crippen molar-refractivity contribution in [1.29, 1.82) is 5.26 Å². The Morgan fingerprint density at radius 3 is 2.72 bits per heavy atom. The van der Waals surface area contributed by atoms with E-state index in [1.165, 1.54) is 35.2 Å². The van der Waals surface area contributed by atoms with Crippen LogP contribution < -0.4 is 9.64 Å². The predicted octanol–water partition coefficient (Wildman–Crippen LogP) is 6.37. The van der Waals surface area contributed by atoms with Crippen LogP contribution in [0.3, 0.4) is 0 Å². The second-order valence-electron chi connectivity index (χ2n) is 13.4. The van der Waals surface area contributed by atoms with Gasteiger partial charge in [0.2, 0.25) is 0 Å². The number of carbonyl (C=O) groups is 1. The quantitative estimate of drug-likeness (QED) is 0.168. The molecule has 50 heavy (non-hydrogen) atoms. The zero-order chi connectivity index (χ0) is 35.3. The summed E-state index contributed by atoms with van der Waals surface area (Å²) in [5.74, 6) is -3.08. The summed E-state index contributed by atoms with van der Waals surface area (Å²) in [6.07, 6.45) is 1.18. The first-order valence-electron chi connectivity index (χ1n) is 16.8. The molecule has 3 atom stereocenters. The average molecular weight is 689 g/mol. The third-order valence-corrected chi connectivity index (χ3v) is 10.4. The standard InChI is InChI=1S/C37H36F4N6O3/c1-3-26-30(40)8-5-22-15-25(48)16-29(31(22)26)27-6-7-28-33(32(27)41)43-36(50-20-37-10-4-12-46(37)18-23(39)17-37)44-34(28)45-13-14-47(35(49)21(2)38)24(19-45)9-11-42/h5-8,15-16,23-24,48H,2-4,9-10,12-14,17-20H2,1H3/t23-,24+,37+/m1/s1. The van der Waals surface area contributed by atoms with Crippen molar-refractivity contribution in [3.8, 4) is 29.0 Å². The second-order valence-corrected chi connectivity index (χ2v) is 13.4. The average Bonchev–Trinajstić information content (AvgIpc) is 3.62. The molecule has 4 aromatic rings. The summed E-state index contributed by atoms with van der Waals surface area (Å²) in [5.41, 5.74) is 0.102. The SMILES string of the molecule is C=C(F)C(=O)N1CCN(c2nc(OC[C@@]34CCCN3C[C@H](F)C4)nc3c(F)c(-c4cc(O)cc5ccc(F)c(CC)c45)ccc23)C[C@@H]1CC#N. The van der Waals surface area contributed by atoms with Crippen LogP contribution in [0.1, 0.15) is 38.2 Å². The second kappa shape index (κ2) is 13.1. The topological polar surface area (TPSA) is 106 Å². The normalized spacial score (nSPS) is 22.2. The molecule has 260 valence electrons. The number of nitriles is 1. The molecule has 3 fully saturated rings. The van der Waals surface area contributed by atoms with Crippen molar-refractivity contribution in [3.63, 3.8) is 0 Å². The number of ether oxygens (including phenoxy) is 1. The maximum absolute atomic E-state index is 17.0. The monoisotopic (exact) mass is 688 g/mol. The van der Waals surface area contributed by atoms with E-state index in [9.17, 15) is 23.9 Å². The molecule has 0 radical (unpaired) electrons. The number of amides is 1. The Morgan fingerprint density at radius 2 is 1.96 bits per heavy atom. The molecule has 7 rings (SSSR count). The Kier molecular flexibility index (Phi) is 8.76. The molecule has 1 aromatic heterocycles. The van der Waals surface area contributed by atoms with Crippen LogP contribution in [0.25, 0.3) is 32.8 Å². The molecule has 1 N–H and O–H groups in total. The minimum Gasteiger partial charge on any atom is -0.508 e. The number of aromatic nitrogens is 2. The van der Waals surface area contributed by atoms with Crippen molar-refractivity contribution in [3.05, 3.63) is 66.0 Å². The van der Waals surface area contributed by atoms with Gasteiger partial charge in [-0.3, -0.25) is 9.69 Å². The predicted molar refractivity (Wildman–Crippen MR) is 180 cm³/mol. The molecule has 1 amide bonds. The van der Waals surface area contributed by atoms with Crippen LogP contribution in [0, 0.1) is 23.0 Å². The van der Waals surface area contributed by atoms with Gasteiger partial charge in [0.25, 0.3) is 5.91 Å². The number of aryl methyl sites for hydroxylation is 1. The lowest BCUT2D eigenvalue weighted by Gasteiger charge is -2.41. The van der Waals surface area contributed by atoms with Gasteiger partial charge in [-0.1, -0.05) is 25.6 Å². The number of piperazine rings is 1. The number of benzene rings is 3. The number of phenols is 1. The summed E-state index contributed by atoms with van der Waals surface area (Å²) >= 11 is 0. The highest BCUT2D eigenvalue weighted by atomic mass is 19.1. The van der Waals surface area contributed by atoms with E-state index in [0.29, 0.717) is 41.1 Å². The summed E-state index contributed by atoms with van der Waals surface area (Å²) in [6.45, 7) is 6.38. The molecule has 3 aliphatic rings. The van der Waals surface area contributed by atoms with Crippen LogP contribution >= 0.6 is 0 Å². The van der Waals surface area contributed by atoms with Gasteiger partial charge in [0.1, 0.15) is 35.7 Å². The van der Waals surface area contributed by atoms with E-state index in [2.05, 4.69) is 22.5 Å². The van der Waals surface area contributed by atoms with E-state index < -0.39 is 41.1 Å². The van der Waals surface area contributed by atoms with E-state index in [-0.39, 0.29) is 66.9 Å². The molecular formula is C37H36F4N6O3. The number of alkyl halides is 1. The molecule has 0 bridgehead atoms. The molecule has 3 saturated heterocycles. The smallest absolute Gasteiger partial charge is 0.319 e. The van der Waals surface area contributed by atoms with Crippen molar-refractivity contribution in [2.24, 2.45) is 0 Å². The lowest BCUT2D eigenvalue weighted by atomic mass is 9.92. The maximum atomic E-state index is 17.0. The van der Waals surface area contributed by atoms with Crippen molar-refractivity contribution in [1.82, 2.24) is 19.8 Å². The van der Waals surface area contributed by atoms with Gasteiger partial charge in [0.15, 0.2) is 11.6 Å². The van der Waals surface area contributed by atoms with E-state index in [1.807, 2.05) is 0 Å². The Hall–Kier alpha value is -4.96. The molecule has 4 heterocycles.